The second kappa shape index (κ2) is 6.72. The molecule has 0 aliphatic carbocycles. The SMILES string of the molecule is Cc1ccc(C)c(NC(=O)C(=O)NCC(O)C(C)(C)C)c1. The van der Waals surface area contributed by atoms with Crippen LogP contribution in [-0.2, 0) is 9.59 Å². The first-order valence-electron chi connectivity index (χ1n) is 6.95. The van der Waals surface area contributed by atoms with E-state index in [0.717, 1.165) is 11.1 Å². The molecule has 1 aromatic carbocycles. The number of carbonyl (C=O) groups is 2. The summed E-state index contributed by atoms with van der Waals surface area (Å²) in [6.07, 6.45) is -0.713. The monoisotopic (exact) mass is 292 g/mol. The molecule has 0 aliphatic heterocycles. The Balaban J connectivity index is 2.60. The van der Waals surface area contributed by atoms with Gasteiger partial charge in [-0.1, -0.05) is 32.9 Å². The lowest BCUT2D eigenvalue weighted by Crippen LogP contribution is -2.43. The van der Waals surface area contributed by atoms with E-state index >= 15 is 0 Å². The van der Waals surface area contributed by atoms with Gasteiger partial charge in [0.15, 0.2) is 0 Å². The van der Waals surface area contributed by atoms with Crippen molar-refractivity contribution in [3.63, 3.8) is 0 Å². The number of aryl methyl sites for hydroxylation is 2. The highest BCUT2D eigenvalue weighted by Crippen LogP contribution is 2.18. The van der Waals surface area contributed by atoms with Crippen molar-refractivity contribution < 1.29 is 14.7 Å². The molecule has 5 nitrogen and oxygen atoms in total. The summed E-state index contributed by atoms with van der Waals surface area (Å²) in [7, 11) is 0. The van der Waals surface area contributed by atoms with Gasteiger partial charge < -0.3 is 15.7 Å². The topological polar surface area (TPSA) is 78.4 Å². The molecule has 5 heteroatoms. The Morgan fingerprint density at radius 2 is 1.81 bits per heavy atom. The molecule has 1 rings (SSSR count). The molecular formula is C16H24N2O3. The first kappa shape index (κ1) is 17.2. The van der Waals surface area contributed by atoms with Gasteiger partial charge in [0.1, 0.15) is 0 Å². The quantitative estimate of drug-likeness (QED) is 0.743. The van der Waals surface area contributed by atoms with Gasteiger partial charge in [-0.2, -0.15) is 0 Å². The van der Waals surface area contributed by atoms with Crippen LogP contribution in [0.4, 0.5) is 5.69 Å². The third-order valence-corrected chi connectivity index (χ3v) is 3.30. The van der Waals surface area contributed by atoms with E-state index in [4.69, 9.17) is 0 Å². The van der Waals surface area contributed by atoms with Crippen LogP contribution < -0.4 is 10.6 Å². The second-order valence-corrected chi connectivity index (χ2v) is 6.36. The number of rotatable bonds is 3. The first-order chi connectivity index (χ1) is 9.61. The predicted octanol–water partition coefficient (Wildman–Crippen LogP) is 1.77. The number of hydrogen-bond acceptors (Lipinski definition) is 3. The van der Waals surface area contributed by atoms with E-state index in [1.807, 2.05) is 52.8 Å². The summed E-state index contributed by atoms with van der Waals surface area (Å²) in [5.74, 6) is -1.48. The minimum absolute atomic E-state index is 0.0442. The molecule has 0 radical (unpaired) electrons. The van der Waals surface area contributed by atoms with Gasteiger partial charge in [-0.05, 0) is 36.5 Å². The Labute approximate surface area is 125 Å². The van der Waals surface area contributed by atoms with Gasteiger partial charge >= 0.3 is 11.8 Å². The highest BCUT2D eigenvalue weighted by atomic mass is 16.3. The Kier molecular flexibility index (Phi) is 5.49. The van der Waals surface area contributed by atoms with Crippen LogP contribution in [0.15, 0.2) is 18.2 Å². The number of aliphatic hydroxyl groups excluding tert-OH is 1. The third kappa shape index (κ3) is 5.19. The fourth-order valence-corrected chi connectivity index (χ4v) is 1.63. The summed E-state index contributed by atoms with van der Waals surface area (Å²) in [5, 5.41) is 14.9. The molecule has 0 fully saturated rings. The van der Waals surface area contributed by atoms with Crippen molar-refractivity contribution in [2.24, 2.45) is 5.41 Å². The summed E-state index contributed by atoms with van der Waals surface area (Å²) >= 11 is 0. The molecule has 3 N–H and O–H groups in total. The molecule has 0 saturated heterocycles. The van der Waals surface area contributed by atoms with E-state index in [1.54, 1.807) is 0 Å². The molecule has 0 spiro atoms. The normalized spacial score (nSPS) is 12.7. The molecule has 1 aromatic rings. The number of aliphatic hydroxyl groups is 1. The first-order valence-corrected chi connectivity index (χ1v) is 6.95. The molecular weight excluding hydrogens is 268 g/mol. The molecule has 0 heterocycles. The van der Waals surface area contributed by atoms with Crippen LogP contribution in [0.25, 0.3) is 0 Å². The van der Waals surface area contributed by atoms with Gasteiger partial charge in [0.25, 0.3) is 0 Å². The largest absolute Gasteiger partial charge is 0.391 e. The van der Waals surface area contributed by atoms with Crippen molar-refractivity contribution >= 4 is 17.5 Å². The summed E-state index contributed by atoms with van der Waals surface area (Å²) in [6, 6.07) is 5.63. The highest BCUT2D eigenvalue weighted by Gasteiger charge is 2.24. The molecule has 21 heavy (non-hydrogen) atoms. The number of anilines is 1. The third-order valence-electron chi connectivity index (χ3n) is 3.30. The van der Waals surface area contributed by atoms with Crippen molar-refractivity contribution in [1.82, 2.24) is 5.32 Å². The van der Waals surface area contributed by atoms with Crippen LogP contribution >= 0.6 is 0 Å². The summed E-state index contributed by atoms with van der Waals surface area (Å²) in [4.78, 5) is 23.6. The summed E-state index contributed by atoms with van der Waals surface area (Å²) < 4.78 is 0. The average Bonchev–Trinajstić information content (AvgIpc) is 2.38. The van der Waals surface area contributed by atoms with Gasteiger partial charge in [-0.15, -0.1) is 0 Å². The van der Waals surface area contributed by atoms with Crippen LogP contribution in [0.2, 0.25) is 0 Å². The van der Waals surface area contributed by atoms with Crippen molar-refractivity contribution in [2.45, 2.75) is 40.7 Å². The summed E-state index contributed by atoms with van der Waals surface area (Å²) in [6.45, 7) is 9.40. The maximum absolute atomic E-state index is 11.8. The maximum atomic E-state index is 11.8. The Hall–Kier alpha value is -1.88. The Bertz CT molecular complexity index is 533. The van der Waals surface area contributed by atoms with E-state index < -0.39 is 17.9 Å². The molecule has 1 atom stereocenters. The number of amides is 2. The van der Waals surface area contributed by atoms with Gasteiger partial charge in [-0.25, -0.2) is 0 Å². The van der Waals surface area contributed by atoms with Crippen LogP contribution in [0, 0.1) is 19.3 Å². The van der Waals surface area contributed by atoms with Gasteiger partial charge in [-0.3, -0.25) is 9.59 Å². The lowest BCUT2D eigenvalue weighted by molar-refractivity contribution is -0.136. The maximum Gasteiger partial charge on any atom is 0.313 e. The van der Waals surface area contributed by atoms with Crippen molar-refractivity contribution in [2.75, 3.05) is 11.9 Å². The number of benzene rings is 1. The van der Waals surface area contributed by atoms with Gasteiger partial charge in [0, 0.05) is 12.2 Å². The lowest BCUT2D eigenvalue weighted by atomic mass is 9.89. The molecule has 0 aromatic heterocycles. The zero-order valence-corrected chi connectivity index (χ0v) is 13.3. The molecule has 0 saturated carbocycles. The average molecular weight is 292 g/mol. The van der Waals surface area contributed by atoms with Crippen molar-refractivity contribution in [3.05, 3.63) is 29.3 Å². The van der Waals surface area contributed by atoms with E-state index in [0.29, 0.717) is 5.69 Å². The van der Waals surface area contributed by atoms with Gasteiger partial charge in [0.05, 0.1) is 6.10 Å². The van der Waals surface area contributed by atoms with E-state index in [2.05, 4.69) is 10.6 Å². The standard InChI is InChI=1S/C16H24N2O3/c1-10-6-7-11(2)12(8-10)18-15(21)14(20)17-9-13(19)16(3,4)5/h6-8,13,19H,9H2,1-5H3,(H,17,20)(H,18,21). The van der Waals surface area contributed by atoms with E-state index in [1.165, 1.54) is 0 Å². The zero-order chi connectivity index (χ0) is 16.2. The molecule has 0 bridgehead atoms. The summed E-state index contributed by atoms with van der Waals surface area (Å²) in [5.41, 5.74) is 2.15. The van der Waals surface area contributed by atoms with Crippen LogP contribution in [0.1, 0.15) is 31.9 Å². The van der Waals surface area contributed by atoms with E-state index in [-0.39, 0.29) is 12.0 Å². The molecule has 116 valence electrons. The fourth-order valence-electron chi connectivity index (χ4n) is 1.63. The van der Waals surface area contributed by atoms with Gasteiger partial charge in [0.2, 0.25) is 0 Å². The fraction of sp³-hybridized carbons (Fsp3) is 0.500. The Morgan fingerprint density at radius 1 is 1.19 bits per heavy atom. The highest BCUT2D eigenvalue weighted by molar-refractivity contribution is 6.39. The van der Waals surface area contributed by atoms with Crippen LogP contribution in [0.5, 0.6) is 0 Å². The molecule has 2 amide bonds. The van der Waals surface area contributed by atoms with Crippen LogP contribution in [-0.4, -0.2) is 29.6 Å². The Morgan fingerprint density at radius 3 is 2.38 bits per heavy atom. The predicted molar refractivity (Wildman–Crippen MR) is 83.0 cm³/mol. The number of nitrogens with one attached hydrogen (secondary N) is 2. The zero-order valence-electron chi connectivity index (χ0n) is 13.3. The minimum atomic E-state index is -0.751. The molecule has 1 unspecified atom stereocenters. The lowest BCUT2D eigenvalue weighted by Gasteiger charge is -2.25. The second-order valence-electron chi connectivity index (χ2n) is 6.36. The number of carbonyl (C=O) groups excluding carboxylic acids is 2. The smallest absolute Gasteiger partial charge is 0.313 e. The minimum Gasteiger partial charge on any atom is -0.391 e. The van der Waals surface area contributed by atoms with Crippen molar-refractivity contribution in [1.29, 1.82) is 0 Å². The van der Waals surface area contributed by atoms with Crippen molar-refractivity contribution in [3.8, 4) is 0 Å². The van der Waals surface area contributed by atoms with E-state index in [9.17, 15) is 14.7 Å². The van der Waals surface area contributed by atoms with Crippen LogP contribution in [0.3, 0.4) is 0 Å². The number of hydrogen-bond donors (Lipinski definition) is 3. The molecule has 0 aliphatic rings.